The van der Waals surface area contributed by atoms with Crippen LogP contribution in [0.2, 0.25) is 0 Å². The normalized spacial score (nSPS) is 11.4. The Kier molecular flexibility index (Phi) is 5.05. The molecule has 1 aromatic heterocycles. The first kappa shape index (κ1) is 19.7. The van der Waals surface area contributed by atoms with Crippen LogP contribution in [0.4, 0.5) is 8.78 Å². The van der Waals surface area contributed by atoms with Crippen molar-refractivity contribution >= 4 is 16.3 Å². The molecule has 30 heavy (non-hydrogen) atoms. The second-order valence-corrected chi connectivity index (χ2v) is 8.40. The smallest absolute Gasteiger partial charge is 0.268 e. The number of hydrogen-bond acceptors (Lipinski definition) is 3. The van der Waals surface area contributed by atoms with Crippen molar-refractivity contribution in [3.63, 3.8) is 0 Å². The fourth-order valence-corrected chi connectivity index (χ4v) is 4.55. The largest absolute Gasteiger partial charge is 0.298 e. The number of nitrogens with zero attached hydrogens (tertiary/aromatic N) is 1. The van der Waals surface area contributed by atoms with E-state index in [-0.39, 0.29) is 27.5 Å². The summed E-state index contributed by atoms with van der Waals surface area (Å²) in [6.07, 6.45) is 1.67. The lowest BCUT2D eigenvalue weighted by Crippen LogP contribution is -2.13. The summed E-state index contributed by atoms with van der Waals surface area (Å²) in [6, 6.07) is 18.9. The maximum Gasteiger partial charge on any atom is 0.268 e. The van der Waals surface area contributed by atoms with Crippen LogP contribution in [0.1, 0.15) is 10.4 Å². The highest BCUT2D eigenvalue weighted by Gasteiger charge is 2.23. The molecule has 0 N–H and O–H groups in total. The molecule has 7 heteroatoms. The van der Waals surface area contributed by atoms with Crippen molar-refractivity contribution in [1.82, 2.24) is 3.97 Å². The Hall–Kier alpha value is -3.58. The molecule has 4 rings (SSSR count). The van der Waals surface area contributed by atoms with Crippen molar-refractivity contribution in [2.24, 2.45) is 0 Å². The molecule has 0 saturated carbocycles. The van der Waals surface area contributed by atoms with Crippen LogP contribution in [-0.4, -0.2) is 18.7 Å². The summed E-state index contributed by atoms with van der Waals surface area (Å²) >= 11 is 0. The van der Waals surface area contributed by atoms with Crippen molar-refractivity contribution in [2.75, 3.05) is 0 Å². The van der Waals surface area contributed by atoms with Gasteiger partial charge in [-0.25, -0.2) is 21.2 Å². The second-order valence-electron chi connectivity index (χ2n) is 6.59. The maximum absolute atomic E-state index is 14.3. The van der Waals surface area contributed by atoms with Gasteiger partial charge in [0.05, 0.1) is 10.6 Å². The Morgan fingerprint density at radius 3 is 2.00 bits per heavy atom. The van der Waals surface area contributed by atoms with Gasteiger partial charge in [-0.05, 0) is 53.6 Å². The molecule has 4 nitrogen and oxygen atoms in total. The van der Waals surface area contributed by atoms with Crippen LogP contribution in [0.25, 0.3) is 22.4 Å². The summed E-state index contributed by atoms with van der Waals surface area (Å²) < 4.78 is 54.8. The van der Waals surface area contributed by atoms with Gasteiger partial charge in [-0.3, -0.25) is 4.79 Å². The number of carbonyl (C=O) groups excluding carboxylic acids is 1. The molecule has 150 valence electrons. The Bertz CT molecular complexity index is 1330. The summed E-state index contributed by atoms with van der Waals surface area (Å²) in [6.45, 7) is 0. The van der Waals surface area contributed by atoms with Crippen LogP contribution in [0, 0.1) is 11.6 Å². The van der Waals surface area contributed by atoms with E-state index in [1.807, 2.05) is 0 Å². The molecule has 0 fully saturated rings. The van der Waals surface area contributed by atoms with Gasteiger partial charge in [0.15, 0.2) is 6.29 Å². The Balaban J connectivity index is 1.79. The van der Waals surface area contributed by atoms with Gasteiger partial charge in [-0.15, -0.1) is 0 Å². The first-order valence-corrected chi connectivity index (χ1v) is 10.4. The van der Waals surface area contributed by atoms with Crippen molar-refractivity contribution < 1.29 is 22.0 Å². The Morgan fingerprint density at radius 1 is 0.800 bits per heavy atom. The van der Waals surface area contributed by atoms with Crippen molar-refractivity contribution in [1.29, 1.82) is 0 Å². The third-order valence-corrected chi connectivity index (χ3v) is 6.37. The van der Waals surface area contributed by atoms with E-state index in [0.717, 1.165) is 15.7 Å². The van der Waals surface area contributed by atoms with Crippen LogP contribution >= 0.6 is 0 Å². The van der Waals surface area contributed by atoms with Gasteiger partial charge in [0.2, 0.25) is 0 Å². The number of hydrogen-bond donors (Lipinski definition) is 0. The van der Waals surface area contributed by atoms with E-state index in [1.54, 1.807) is 30.3 Å². The van der Waals surface area contributed by atoms with E-state index in [4.69, 9.17) is 0 Å². The minimum Gasteiger partial charge on any atom is -0.298 e. The van der Waals surface area contributed by atoms with E-state index in [2.05, 4.69) is 0 Å². The molecule has 0 aliphatic carbocycles. The van der Waals surface area contributed by atoms with Gasteiger partial charge in [0.1, 0.15) is 11.6 Å². The van der Waals surface area contributed by atoms with Crippen molar-refractivity contribution in [3.8, 4) is 22.4 Å². The number of rotatable bonds is 5. The molecule has 0 aliphatic rings. The van der Waals surface area contributed by atoms with Crippen molar-refractivity contribution in [2.45, 2.75) is 4.90 Å². The molecule has 0 unspecified atom stereocenters. The lowest BCUT2D eigenvalue weighted by atomic mass is 10.1. The summed E-state index contributed by atoms with van der Waals surface area (Å²) in [5.74, 6) is -0.964. The SMILES string of the molecule is O=Cc1cc(-c2ccccc2F)n(S(=O)(=O)c2ccc(-c3ccc(F)cc3)cc2)c1. The fourth-order valence-electron chi connectivity index (χ4n) is 3.17. The van der Waals surface area contributed by atoms with Crippen LogP contribution in [0.5, 0.6) is 0 Å². The minimum absolute atomic E-state index is 0.0287. The number of aldehydes is 1. The first-order chi connectivity index (χ1) is 14.4. The monoisotopic (exact) mass is 423 g/mol. The van der Waals surface area contributed by atoms with E-state index >= 15 is 0 Å². The molecule has 3 aromatic carbocycles. The molecule has 0 saturated heterocycles. The van der Waals surface area contributed by atoms with Gasteiger partial charge in [0.25, 0.3) is 10.0 Å². The average Bonchev–Trinajstić information content (AvgIpc) is 3.20. The zero-order valence-corrected chi connectivity index (χ0v) is 16.3. The fraction of sp³-hybridized carbons (Fsp3) is 0. The van der Waals surface area contributed by atoms with Crippen molar-refractivity contribution in [3.05, 3.63) is 102 Å². The van der Waals surface area contributed by atoms with Crippen LogP contribution in [0.15, 0.2) is 90.0 Å². The van der Waals surface area contributed by atoms with Gasteiger partial charge in [0, 0.05) is 17.3 Å². The van der Waals surface area contributed by atoms with E-state index in [1.165, 1.54) is 48.5 Å². The molecule has 0 aliphatic heterocycles. The lowest BCUT2D eigenvalue weighted by Gasteiger charge is -2.12. The molecule has 0 radical (unpaired) electrons. The minimum atomic E-state index is -4.10. The summed E-state index contributed by atoms with van der Waals surface area (Å²) in [5, 5.41) is 0. The van der Waals surface area contributed by atoms with Crippen LogP contribution in [0.3, 0.4) is 0 Å². The molecule has 0 bridgehead atoms. The summed E-state index contributed by atoms with van der Waals surface area (Å²) in [5.41, 5.74) is 1.68. The average molecular weight is 423 g/mol. The number of aromatic nitrogens is 1. The zero-order chi connectivity index (χ0) is 21.3. The highest BCUT2D eigenvalue weighted by molar-refractivity contribution is 7.90. The van der Waals surface area contributed by atoms with Crippen LogP contribution < -0.4 is 0 Å². The highest BCUT2D eigenvalue weighted by atomic mass is 32.2. The van der Waals surface area contributed by atoms with E-state index in [0.29, 0.717) is 11.8 Å². The molecular formula is C23H15F2NO3S. The summed E-state index contributed by atoms with van der Waals surface area (Å²) in [7, 11) is -4.10. The molecule has 0 atom stereocenters. The zero-order valence-electron chi connectivity index (χ0n) is 15.5. The first-order valence-electron chi connectivity index (χ1n) is 8.94. The van der Waals surface area contributed by atoms with Gasteiger partial charge in [-0.1, -0.05) is 36.4 Å². The van der Waals surface area contributed by atoms with Gasteiger partial charge >= 0.3 is 0 Å². The van der Waals surface area contributed by atoms with E-state index < -0.39 is 15.8 Å². The second kappa shape index (κ2) is 7.68. The molecule has 4 aromatic rings. The Morgan fingerprint density at radius 2 is 1.40 bits per heavy atom. The maximum atomic E-state index is 14.3. The highest BCUT2D eigenvalue weighted by Crippen LogP contribution is 2.29. The lowest BCUT2D eigenvalue weighted by molar-refractivity contribution is 0.112. The Labute approximate surface area is 172 Å². The van der Waals surface area contributed by atoms with E-state index in [9.17, 15) is 22.0 Å². The third-order valence-electron chi connectivity index (χ3n) is 4.68. The molecule has 1 heterocycles. The summed E-state index contributed by atoms with van der Waals surface area (Å²) in [4.78, 5) is 11.2. The standard InChI is InChI=1S/C23H15F2NO3S/c24-19-9-5-17(6-10-19)18-7-11-20(12-8-18)30(28,29)26-14-16(15-27)13-23(26)21-3-1-2-4-22(21)25/h1-15H. The number of benzene rings is 3. The molecule has 0 spiro atoms. The predicted molar refractivity (Wildman–Crippen MR) is 110 cm³/mol. The predicted octanol–water partition coefficient (Wildman–Crippen LogP) is 5.15. The van der Waals surface area contributed by atoms with Crippen LogP contribution in [-0.2, 0) is 10.0 Å². The van der Waals surface area contributed by atoms with Gasteiger partial charge in [-0.2, -0.15) is 0 Å². The topological polar surface area (TPSA) is 56.1 Å². The number of halogens is 2. The third kappa shape index (κ3) is 3.55. The van der Waals surface area contributed by atoms with Gasteiger partial charge < -0.3 is 0 Å². The molecule has 0 amide bonds. The quantitative estimate of drug-likeness (QED) is 0.417. The molecular weight excluding hydrogens is 408 g/mol. The number of carbonyl (C=O) groups is 1.